The second-order valence-electron chi connectivity index (χ2n) is 5.24. The molecule has 2 heterocycles. The highest BCUT2D eigenvalue weighted by molar-refractivity contribution is 14.1. The molecular weight excluding hydrogens is 339 g/mol. The third-order valence-corrected chi connectivity index (χ3v) is 3.73. The van der Waals surface area contributed by atoms with Crippen LogP contribution in [0.3, 0.4) is 0 Å². The van der Waals surface area contributed by atoms with E-state index in [0.29, 0.717) is 12.0 Å². The molecule has 1 unspecified atom stereocenters. The van der Waals surface area contributed by atoms with E-state index in [2.05, 4.69) is 56.6 Å². The summed E-state index contributed by atoms with van der Waals surface area (Å²) in [4.78, 5) is 11.2. The Balaban J connectivity index is 1.92. The fourth-order valence-corrected chi connectivity index (χ4v) is 2.58. The van der Waals surface area contributed by atoms with Crippen LogP contribution in [0.1, 0.15) is 26.7 Å². The normalized spacial score (nSPS) is 19.8. The molecule has 0 bridgehead atoms. The molecule has 1 fully saturated rings. The second kappa shape index (κ2) is 6.65. The standard InChI is InChI=1S/C13H21IN4/c1-10(2)6-15-9-12-4-3-5-18(12)13-16-7-11(14)8-17-13/h7-8,10,12,15H,3-6,9H2,1-2H3. The minimum atomic E-state index is 0.545. The van der Waals surface area contributed by atoms with Crippen molar-refractivity contribution < 1.29 is 0 Å². The number of anilines is 1. The molecule has 1 saturated heterocycles. The zero-order valence-electron chi connectivity index (χ0n) is 11.1. The largest absolute Gasteiger partial charge is 0.337 e. The lowest BCUT2D eigenvalue weighted by atomic mass is 10.2. The third-order valence-electron chi connectivity index (χ3n) is 3.17. The van der Waals surface area contributed by atoms with E-state index in [1.54, 1.807) is 0 Å². The average Bonchev–Trinajstić information content (AvgIpc) is 2.78. The van der Waals surface area contributed by atoms with Crippen LogP contribution in [0.4, 0.5) is 5.95 Å². The van der Waals surface area contributed by atoms with Crippen molar-refractivity contribution in [2.45, 2.75) is 32.7 Å². The Morgan fingerprint density at radius 1 is 1.44 bits per heavy atom. The van der Waals surface area contributed by atoms with Crippen LogP contribution in [0.15, 0.2) is 12.4 Å². The molecule has 1 atom stereocenters. The molecule has 0 saturated carbocycles. The SMILES string of the molecule is CC(C)CNCC1CCCN1c1ncc(I)cn1. The molecular formula is C13H21IN4. The number of nitrogens with one attached hydrogen (secondary N) is 1. The molecule has 4 nitrogen and oxygen atoms in total. The maximum atomic E-state index is 4.43. The van der Waals surface area contributed by atoms with Crippen molar-refractivity contribution in [3.63, 3.8) is 0 Å². The first-order chi connectivity index (χ1) is 8.66. The summed E-state index contributed by atoms with van der Waals surface area (Å²) >= 11 is 2.24. The Hall–Kier alpha value is -0.430. The van der Waals surface area contributed by atoms with Crippen LogP contribution in [-0.2, 0) is 0 Å². The minimum Gasteiger partial charge on any atom is -0.337 e. The van der Waals surface area contributed by atoms with Gasteiger partial charge in [0.25, 0.3) is 0 Å². The average molecular weight is 360 g/mol. The summed E-state index contributed by atoms with van der Waals surface area (Å²) in [6.45, 7) is 7.67. The Labute approximate surface area is 123 Å². The van der Waals surface area contributed by atoms with E-state index in [9.17, 15) is 0 Å². The van der Waals surface area contributed by atoms with Crippen molar-refractivity contribution in [3.8, 4) is 0 Å². The Bertz CT molecular complexity index is 366. The van der Waals surface area contributed by atoms with Gasteiger partial charge in [-0.05, 0) is 47.9 Å². The van der Waals surface area contributed by atoms with E-state index >= 15 is 0 Å². The van der Waals surface area contributed by atoms with Crippen molar-refractivity contribution in [1.82, 2.24) is 15.3 Å². The van der Waals surface area contributed by atoms with Crippen LogP contribution in [0.25, 0.3) is 0 Å². The Morgan fingerprint density at radius 2 is 2.17 bits per heavy atom. The molecule has 100 valence electrons. The van der Waals surface area contributed by atoms with Gasteiger partial charge in [0.05, 0.1) is 0 Å². The zero-order chi connectivity index (χ0) is 13.0. The fraction of sp³-hybridized carbons (Fsp3) is 0.692. The van der Waals surface area contributed by atoms with Gasteiger partial charge in [-0.25, -0.2) is 9.97 Å². The highest BCUT2D eigenvalue weighted by Gasteiger charge is 2.26. The summed E-state index contributed by atoms with van der Waals surface area (Å²) in [5.74, 6) is 1.58. The maximum Gasteiger partial charge on any atom is 0.225 e. The fourth-order valence-electron chi connectivity index (χ4n) is 2.30. The van der Waals surface area contributed by atoms with E-state index in [1.165, 1.54) is 12.8 Å². The van der Waals surface area contributed by atoms with Crippen LogP contribution in [0.5, 0.6) is 0 Å². The first-order valence-electron chi connectivity index (χ1n) is 6.61. The van der Waals surface area contributed by atoms with E-state index in [-0.39, 0.29) is 0 Å². The Kier molecular flexibility index (Phi) is 5.17. The number of hydrogen-bond acceptors (Lipinski definition) is 4. The van der Waals surface area contributed by atoms with Crippen LogP contribution < -0.4 is 10.2 Å². The van der Waals surface area contributed by atoms with Gasteiger partial charge in [-0.15, -0.1) is 0 Å². The second-order valence-corrected chi connectivity index (χ2v) is 6.49. The number of aromatic nitrogens is 2. The molecule has 1 aromatic rings. The summed E-state index contributed by atoms with van der Waals surface area (Å²) in [5, 5.41) is 3.54. The molecule has 1 aromatic heterocycles. The molecule has 2 rings (SSSR count). The molecule has 0 aliphatic carbocycles. The molecule has 0 aromatic carbocycles. The molecule has 0 radical (unpaired) electrons. The van der Waals surface area contributed by atoms with Crippen molar-refractivity contribution in [2.75, 3.05) is 24.5 Å². The third kappa shape index (κ3) is 3.78. The van der Waals surface area contributed by atoms with Gasteiger partial charge in [-0.1, -0.05) is 13.8 Å². The van der Waals surface area contributed by atoms with Crippen molar-refractivity contribution in [2.24, 2.45) is 5.92 Å². The summed E-state index contributed by atoms with van der Waals surface area (Å²) in [7, 11) is 0. The van der Waals surface area contributed by atoms with Gasteiger partial charge in [0.15, 0.2) is 0 Å². The molecule has 18 heavy (non-hydrogen) atoms. The summed E-state index contributed by atoms with van der Waals surface area (Å²) in [6, 6.07) is 0.545. The van der Waals surface area contributed by atoms with Crippen molar-refractivity contribution >= 4 is 28.5 Å². The van der Waals surface area contributed by atoms with Crippen LogP contribution in [0.2, 0.25) is 0 Å². The molecule has 1 aliphatic rings. The van der Waals surface area contributed by atoms with Gasteiger partial charge < -0.3 is 10.2 Å². The van der Waals surface area contributed by atoms with Crippen LogP contribution in [-0.4, -0.2) is 35.6 Å². The minimum absolute atomic E-state index is 0.545. The van der Waals surface area contributed by atoms with Crippen molar-refractivity contribution in [1.29, 1.82) is 0 Å². The predicted molar refractivity (Wildman–Crippen MR) is 82.8 cm³/mol. The van der Waals surface area contributed by atoms with E-state index in [4.69, 9.17) is 0 Å². The zero-order valence-corrected chi connectivity index (χ0v) is 13.2. The lowest BCUT2D eigenvalue weighted by molar-refractivity contribution is 0.510. The molecule has 1 N–H and O–H groups in total. The van der Waals surface area contributed by atoms with Gasteiger partial charge >= 0.3 is 0 Å². The van der Waals surface area contributed by atoms with Gasteiger partial charge in [0.1, 0.15) is 0 Å². The lowest BCUT2D eigenvalue weighted by Crippen LogP contribution is -2.39. The van der Waals surface area contributed by atoms with Crippen LogP contribution >= 0.6 is 22.6 Å². The monoisotopic (exact) mass is 360 g/mol. The summed E-state index contributed by atoms with van der Waals surface area (Å²) in [5.41, 5.74) is 0. The first kappa shape index (κ1) is 14.0. The number of halogens is 1. The summed E-state index contributed by atoms with van der Waals surface area (Å²) in [6.07, 6.45) is 6.25. The predicted octanol–water partition coefficient (Wildman–Crippen LogP) is 2.30. The maximum absolute atomic E-state index is 4.43. The van der Waals surface area contributed by atoms with Gasteiger partial charge in [-0.2, -0.15) is 0 Å². The van der Waals surface area contributed by atoms with Crippen LogP contribution in [0, 0.1) is 9.49 Å². The lowest BCUT2D eigenvalue weighted by Gasteiger charge is -2.25. The van der Waals surface area contributed by atoms with E-state index in [1.807, 2.05) is 12.4 Å². The Morgan fingerprint density at radius 3 is 2.83 bits per heavy atom. The van der Waals surface area contributed by atoms with Crippen molar-refractivity contribution in [3.05, 3.63) is 16.0 Å². The summed E-state index contributed by atoms with van der Waals surface area (Å²) < 4.78 is 1.09. The molecule has 1 aliphatic heterocycles. The highest BCUT2D eigenvalue weighted by atomic mass is 127. The molecule has 0 amide bonds. The quantitative estimate of drug-likeness (QED) is 0.819. The highest BCUT2D eigenvalue weighted by Crippen LogP contribution is 2.21. The topological polar surface area (TPSA) is 41.0 Å². The van der Waals surface area contributed by atoms with Gasteiger partial charge in [0.2, 0.25) is 5.95 Å². The van der Waals surface area contributed by atoms with Gasteiger partial charge in [-0.3, -0.25) is 0 Å². The van der Waals surface area contributed by atoms with E-state index < -0.39 is 0 Å². The molecule has 5 heteroatoms. The number of rotatable bonds is 5. The van der Waals surface area contributed by atoms with Gasteiger partial charge in [0, 0.05) is 35.1 Å². The smallest absolute Gasteiger partial charge is 0.225 e. The molecule has 0 spiro atoms. The first-order valence-corrected chi connectivity index (χ1v) is 7.69. The number of nitrogens with zero attached hydrogens (tertiary/aromatic N) is 3. The number of hydrogen-bond donors (Lipinski definition) is 1. The van der Waals surface area contributed by atoms with E-state index in [0.717, 1.165) is 29.2 Å².